The number of benzene rings is 1. The van der Waals surface area contributed by atoms with Gasteiger partial charge in [0.2, 0.25) is 0 Å². The monoisotopic (exact) mass is 263 g/mol. The van der Waals surface area contributed by atoms with Gasteiger partial charge in [-0.15, -0.1) is 0 Å². The normalized spacial score (nSPS) is 18.8. The molecule has 3 nitrogen and oxygen atoms in total. The summed E-state index contributed by atoms with van der Waals surface area (Å²) in [4.78, 5) is 0. The summed E-state index contributed by atoms with van der Waals surface area (Å²) in [5, 5.41) is 9.72. The molecular formula is C16H25NO2. The van der Waals surface area contributed by atoms with Gasteiger partial charge in [-0.3, -0.25) is 0 Å². The lowest BCUT2D eigenvalue weighted by Gasteiger charge is -2.46. The number of rotatable bonds is 4. The zero-order chi connectivity index (χ0) is 14.2. The number of nitrogens with two attached hydrogens (primary N) is 1. The lowest BCUT2D eigenvalue weighted by atomic mass is 9.62. The molecule has 0 heterocycles. The highest BCUT2D eigenvalue weighted by atomic mass is 16.5. The van der Waals surface area contributed by atoms with Crippen LogP contribution in [0.15, 0.2) is 6.07 Å². The summed E-state index contributed by atoms with van der Waals surface area (Å²) in [5.41, 5.74) is 11.1. The lowest BCUT2D eigenvalue weighted by molar-refractivity contribution is 0.0180. The SMILES string of the molecule is COc1cc(C)c(C(N)C2(CO)CCC2)c(C)c1C. The first-order chi connectivity index (χ1) is 8.96. The van der Waals surface area contributed by atoms with Crippen LogP contribution in [0.4, 0.5) is 0 Å². The van der Waals surface area contributed by atoms with E-state index in [1.807, 2.05) is 0 Å². The van der Waals surface area contributed by atoms with E-state index in [1.54, 1.807) is 7.11 Å². The first-order valence-corrected chi connectivity index (χ1v) is 6.98. The Hall–Kier alpha value is -1.06. The van der Waals surface area contributed by atoms with Crippen molar-refractivity contribution in [1.29, 1.82) is 0 Å². The molecule has 1 aliphatic carbocycles. The van der Waals surface area contributed by atoms with Crippen LogP contribution in [0.25, 0.3) is 0 Å². The van der Waals surface area contributed by atoms with E-state index in [2.05, 4.69) is 26.8 Å². The first-order valence-electron chi connectivity index (χ1n) is 6.98. The average molecular weight is 263 g/mol. The summed E-state index contributed by atoms with van der Waals surface area (Å²) in [6.45, 7) is 6.42. The lowest BCUT2D eigenvalue weighted by Crippen LogP contribution is -2.44. The summed E-state index contributed by atoms with van der Waals surface area (Å²) in [7, 11) is 1.70. The Morgan fingerprint density at radius 2 is 1.95 bits per heavy atom. The molecule has 19 heavy (non-hydrogen) atoms. The van der Waals surface area contributed by atoms with Crippen molar-refractivity contribution in [2.45, 2.75) is 46.1 Å². The van der Waals surface area contributed by atoms with Crippen LogP contribution >= 0.6 is 0 Å². The molecule has 0 spiro atoms. The van der Waals surface area contributed by atoms with E-state index in [0.29, 0.717) is 0 Å². The number of aliphatic hydroxyl groups excluding tert-OH is 1. The van der Waals surface area contributed by atoms with Crippen LogP contribution in [0.5, 0.6) is 5.75 Å². The van der Waals surface area contributed by atoms with Crippen LogP contribution in [-0.2, 0) is 0 Å². The molecule has 0 amide bonds. The van der Waals surface area contributed by atoms with Gasteiger partial charge in [0, 0.05) is 11.5 Å². The highest BCUT2D eigenvalue weighted by molar-refractivity contribution is 5.50. The number of hydrogen-bond acceptors (Lipinski definition) is 3. The number of ether oxygens (including phenoxy) is 1. The van der Waals surface area contributed by atoms with E-state index >= 15 is 0 Å². The third kappa shape index (κ3) is 2.15. The molecule has 1 unspecified atom stereocenters. The molecule has 0 aliphatic heterocycles. The van der Waals surface area contributed by atoms with Gasteiger partial charge in [0.05, 0.1) is 13.7 Å². The van der Waals surface area contributed by atoms with Crippen molar-refractivity contribution in [1.82, 2.24) is 0 Å². The van der Waals surface area contributed by atoms with Crippen LogP contribution in [0.2, 0.25) is 0 Å². The third-order valence-corrected chi connectivity index (χ3v) is 4.96. The number of aryl methyl sites for hydroxylation is 1. The van der Waals surface area contributed by atoms with Gasteiger partial charge in [-0.25, -0.2) is 0 Å². The molecule has 0 bridgehead atoms. The molecule has 3 heteroatoms. The van der Waals surface area contributed by atoms with Crippen LogP contribution in [0.1, 0.15) is 47.6 Å². The average Bonchev–Trinajstić information content (AvgIpc) is 2.33. The fourth-order valence-electron chi connectivity index (χ4n) is 3.26. The topological polar surface area (TPSA) is 55.5 Å². The molecule has 1 aliphatic rings. The van der Waals surface area contributed by atoms with Crippen molar-refractivity contribution in [2.24, 2.45) is 11.1 Å². The van der Waals surface area contributed by atoms with E-state index in [4.69, 9.17) is 10.5 Å². The molecule has 2 rings (SSSR count). The van der Waals surface area contributed by atoms with Crippen molar-refractivity contribution in [3.8, 4) is 5.75 Å². The summed E-state index contributed by atoms with van der Waals surface area (Å²) < 4.78 is 5.40. The van der Waals surface area contributed by atoms with Gasteiger partial charge >= 0.3 is 0 Å². The fourth-order valence-corrected chi connectivity index (χ4v) is 3.26. The smallest absolute Gasteiger partial charge is 0.122 e. The minimum Gasteiger partial charge on any atom is -0.496 e. The molecule has 1 aromatic rings. The number of aliphatic hydroxyl groups is 1. The molecule has 0 saturated heterocycles. The highest BCUT2D eigenvalue weighted by Crippen LogP contribution is 2.50. The van der Waals surface area contributed by atoms with Crippen LogP contribution in [-0.4, -0.2) is 18.8 Å². The predicted octanol–water partition coefficient (Wildman–Crippen LogP) is 2.78. The van der Waals surface area contributed by atoms with Gasteiger partial charge in [-0.05, 0) is 61.9 Å². The van der Waals surface area contributed by atoms with E-state index in [1.165, 1.54) is 17.5 Å². The van der Waals surface area contributed by atoms with Crippen LogP contribution < -0.4 is 10.5 Å². The zero-order valence-electron chi connectivity index (χ0n) is 12.4. The maximum absolute atomic E-state index is 9.72. The quantitative estimate of drug-likeness (QED) is 0.878. The molecule has 1 atom stereocenters. The molecule has 3 N–H and O–H groups in total. The van der Waals surface area contributed by atoms with Crippen molar-refractivity contribution >= 4 is 0 Å². The third-order valence-electron chi connectivity index (χ3n) is 4.96. The Bertz CT molecular complexity index is 473. The second kappa shape index (κ2) is 5.14. The van der Waals surface area contributed by atoms with Gasteiger partial charge in [-0.2, -0.15) is 0 Å². The molecule has 106 valence electrons. The van der Waals surface area contributed by atoms with Gasteiger partial charge in [0.25, 0.3) is 0 Å². The summed E-state index contributed by atoms with van der Waals surface area (Å²) >= 11 is 0. The van der Waals surface area contributed by atoms with Gasteiger partial charge in [0.15, 0.2) is 0 Å². The van der Waals surface area contributed by atoms with E-state index < -0.39 is 0 Å². The Morgan fingerprint density at radius 1 is 1.32 bits per heavy atom. The highest BCUT2D eigenvalue weighted by Gasteiger charge is 2.43. The molecule has 0 aromatic heterocycles. The number of hydrogen-bond donors (Lipinski definition) is 2. The minimum absolute atomic E-state index is 0.0872. The Balaban J connectivity index is 2.48. The van der Waals surface area contributed by atoms with Crippen LogP contribution in [0.3, 0.4) is 0 Å². The van der Waals surface area contributed by atoms with E-state index in [9.17, 15) is 5.11 Å². The molecule has 0 radical (unpaired) electrons. The second-order valence-electron chi connectivity index (χ2n) is 5.91. The minimum atomic E-state index is -0.115. The molecule has 1 aromatic carbocycles. The molecular weight excluding hydrogens is 238 g/mol. The first kappa shape index (κ1) is 14.4. The van der Waals surface area contributed by atoms with Crippen molar-refractivity contribution in [2.75, 3.05) is 13.7 Å². The van der Waals surface area contributed by atoms with Crippen molar-refractivity contribution in [3.63, 3.8) is 0 Å². The summed E-state index contributed by atoms with van der Waals surface area (Å²) in [6, 6.07) is 1.97. The second-order valence-corrected chi connectivity index (χ2v) is 5.91. The maximum atomic E-state index is 9.72. The standard InChI is InChI=1S/C16H25NO2/c1-10-8-13(19-4)11(2)12(3)14(10)15(17)16(9-18)6-5-7-16/h8,15,18H,5-7,9,17H2,1-4H3. The number of methoxy groups -OCH3 is 1. The maximum Gasteiger partial charge on any atom is 0.122 e. The van der Waals surface area contributed by atoms with E-state index in [-0.39, 0.29) is 18.1 Å². The molecule has 1 fully saturated rings. The van der Waals surface area contributed by atoms with Gasteiger partial charge in [0.1, 0.15) is 5.75 Å². The van der Waals surface area contributed by atoms with Crippen molar-refractivity contribution < 1.29 is 9.84 Å². The Labute approximate surface area is 115 Å². The largest absolute Gasteiger partial charge is 0.496 e. The van der Waals surface area contributed by atoms with Crippen LogP contribution in [0, 0.1) is 26.2 Å². The van der Waals surface area contributed by atoms with Crippen molar-refractivity contribution in [3.05, 3.63) is 28.3 Å². The van der Waals surface area contributed by atoms with Gasteiger partial charge in [-0.1, -0.05) is 6.42 Å². The van der Waals surface area contributed by atoms with Gasteiger partial charge < -0.3 is 15.6 Å². The Morgan fingerprint density at radius 3 is 2.37 bits per heavy atom. The zero-order valence-corrected chi connectivity index (χ0v) is 12.4. The predicted molar refractivity (Wildman–Crippen MR) is 77.5 cm³/mol. The van der Waals surface area contributed by atoms with E-state index in [0.717, 1.165) is 29.7 Å². The summed E-state index contributed by atoms with van der Waals surface area (Å²) in [6.07, 6.45) is 3.21. The molecule has 1 saturated carbocycles. The fraction of sp³-hybridized carbons (Fsp3) is 0.625. The summed E-state index contributed by atoms with van der Waals surface area (Å²) in [5.74, 6) is 0.914. The Kier molecular flexibility index (Phi) is 3.88.